The Morgan fingerprint density at radius 2 is 2.20 bits per heavy atom. The molecule has 8 nitrogen and oxygen atoms in total. The lowest BCUT2D eigenvalue weighted by Gasteiger charge is -2.12. The summed E-state index contributed by atoms with van der Waals surface area (Å²) in [7, 11) is 0. The zero-order chi connectivity index (χ0) is 14.3. The van der Waals surface area contributed by atoms with Crippen LogP contribution in [0.15, 0.2) is 12.4 Å². The second kappa shape index (κ2) is 4.81. The minimum absolute atomic E-state index is 0.186. The molecule has 0 aliphatic carbocycles. The van der Waals surface area contributed by atoms with Gasteiger partial charge in [0.05, 0.1) is 17.6 Å². The zero-order valence-corrected chi connectivity index (χ0v) is 10.3. The number of ether oxygens (including phenoxy) is 1. The molecular weight excluding hydrogens is 264 g/mol. The molecule has 0 bridgehead atoms. The summed E-state index contributed by atoms with van der Waals surface area (Å²) in [5.74, 6) is 0.186. The second-order valence-corrected chi connectivity index (χ2v) is 4.56. The number of aromatic amines is 1. The maximum atomic E-state index is 9.91. The lowest BCUT2D eigenvalue weighted by Crippen LogP contribution is -2.32. The second-order valence-electron chi connectivity index (χ2n) is 4.56. The normalized spacial score (nSPS) is 29.7. The number of hydrogen-bond donors (Lipinski definition) is 4. The number of nitrogens with zero attached hydrogens (tertiary/aromatic N) is 3. The molecule has 2 aromatic rings. The van der Waals surface area contributed by atoms with Crippen LogP contribution in [-0.2, 0) is 4.74 Å². The van der Waals surface area contributed by atoms with Gasteiger partial charge in [0.15, 0.2) is 5.82 Å². The number of hydrogen-bond acceptors (Lipinski definition) is 7. The molecule has 1 aliphatic rings. The molecule has 0 spiro atoms. The van der Waals surface area contributed by atoms with Gasteiger partial charge >= 0.3 is 0 Å². The van der Waals surface area contributed by atoms with E-state index in [0.29, 0.717) is 16.6 Å². The fraction of sp³-hybridized carbons (Fsp3) is 0.417. The van der Waals surface area contributed by atoms with Crippen LogP contribution < -0.4 is 0 Å². The molecule has 4 atom stereocenters. The number of H-pyrrole nitrogens is 1. The Balaban J connectivity index is 1.97. The first-order valence-corrected chi connectivity index (χ1v) is 6.02. The number of aromatic nitrogens is 3. The maximum absolute atomic E-state index is 9.91. The molecule has 104 valence electrons. The third kappa shape index (κ3) is 1.85. The largest absolute Gasteiger partial charge is 0.394 e. The molecule has 3 rings (SSSR count). The lowest BCUT2D eigenvalue weighted by atomic mass is 10.1. The Labute approximate surface area is 113 Å². The van der Waals surface area contributed by atoms with E-state index in [2.05, 4.69) is 15.0 Å². The molecule has 0 saturated carbocycles. The molecule has 3 heterocycles. The summed E-state index contributed by atoms with van der Waals surface area (Å²) in [6.45, 7) is -0.405. The van der Waals surface area contributed by atoms with Gasteiger partial charge in [0, 0.05) is 12.4 Å². The van der Waals surface area contributed by atoms with Gasteiger partial charge in [-0.15, -0.1) is 0 Å². The van der Waals surface area contributed by atoms with Crippen LogP contribution in [0, 0.1) is 11.3 Å². The number of rotatable bonds is 2. The van der Waals surface area contributed by atoms with Crippen molar-refractivity contribution in [2.45, 2.75) is 24.4 Å². The first kappa shape index (κ1) is 13.0. The van der Waals surface area contributed by atoms with E-state index >= 15 is 0 Å². The average molecular weight is 276 g/mol. The Morgan fingerprint density at radius 3 is 2.85 bits per heavy atom. The van der Waals surface area contributed by atoms with Gasteiger partial charge in [-0.1, -0.05) is 0 Å². The van der Waals surface area contributed by atoms with E-state index in [-0.39, 0.29) is 5.82 Å². The summed E-state index contributed by atoms with van der Waals surface area (Å²) in [6, 6.07) is 2.01. The van der Waals surface area contributed by atoms with Crippen molar-refractivity contribution in [3.05, 3.63) is 23.8 Å². The van der Waals surface area contributed by atoms with E-state index in [1.165, 1.54) is 12.4 Å². The van der Waals surface area contributed by atoms with E-state index in [4.69, 9.17) is 15.1 Å². The van der Waals surface area contributed by atoms with E-state index in [9.17, 15) is 10.2 Å². The van der Waals surface area contributed by atoms with Gasteiger partial charge in [0.1, 0.15) is 36.1 Å². The summed E-state index contributed by atoms with van der Waals surface area (Å²) in [4.78, 5) is 11.1. The highest BCUT2D eigenvalue weighted by Gasteiger charge is 2.44. The molecule has 0 radical (unpaired) electrons. The lowest BCUT2D eigenvalue weighted by molar-refractivity contribution is -0.0252. The van der Waals surface area contributed by atoms with Crippen molar-refractivity contribution in [1.29, 1.82) is 5.26 Å². The molecular formula is C12H12N4O4. The topological polar surface area (TPSA) is 135 Å². The van der Waals surface area contributed by atoms with Crippen LogP contribution >= 0.6 is 0 Å². The Kier molecular flexibility index (Phi) is 3.11. The van der Waals surface area contributed by atoms with Crippen molar-refractivity contribution < 1.29 is 20.1 Å². The van der Waals surface area contributed by atoms with E-state index in [0.717, 1.165) is 0 Å². The Bertz CT molecular complexity index is 680. The van der Waals surface area contributed by atoms with Crippen molar-refractivity contribution >= 4 is 11.0 Å². The van der Waals surface area contributed by atoms with Gasteiger partial charge in [-0.25, -0.2) is 9.97 Å². The SMILES string of the molecule is N#Cc1c[nH]c2nc(C3O[C@H](CO)[C@@H](O)[C@H]3O)ncc12. The molecule has 20 heavy (non-hydrogen) atoms. The fourth-order valence-electron chi connectivity index (χ4n) is 2.26. The van der Waals surface area contributed by atoms with E-state index in [1.807, 2.05) is 6.07 Å². The molecule has 1 saturated heterocycles. The third-order valence-corrected chi connectivity index (χ3v) is 3.37. The van der Waals surface area contributed by atoms with Gasteiger partial charge in [0.25, 0.3) is 0 Å². The van der Waals surface area contributed by atoms with E-state index < -0.39 is 31.0 Å². The summed E-state index contributed by atoms with van der Waals surface area (Å²) in [5, 5.41) is 38.1. The van der Waals surface area contributed by atoms with Crippen LogP contribution in [0.5, 0.6) is 0 Å². The smallest absolute Gasteiger partial charge is 0.162 e. The number of aliphatic hydroxyl groups excluding tert-OH is 3. The molecule has 8 heteroatoms. The van der Waals surface area contributed by atoms with Crippen molar-refractivity contribution in [1.82, 2.24) is 15.0 Å². The highest BCUT2D eigenvalue weighted by Crippen LogP contribution is 2.32. The van der Waals surface area contributed by atoms with Crippen LogP contribution in [0.25, 0.3) is 11.0 Å². The minimum Gasteiger partial charge on any atom is -0.394 e. The van der Waals surface area contributed by atoms with Gasteiger partial charge in [0.2, 0.25) is 0 Å². The summed E-state index contributed by atoms with van der Waals surface area (Å²) in [5.41, 5.74) is 0.872. The predicted molar refractivity (Wildman–Crippen MR) is 65.3 cm³/mol. The van der Waals surface area contributed by atoms with Crippen molar-refractivity contribution in [2.24, 2.45) is 0 Å². The summed E-state index contributed by atoms with van der Waals surface area (Å²) >= 11 is 0. The van der Waals surface area contributed by atoms with Gasteiger partial charge in [-0.05, 0) is 0 Å². The standard InChI is InChI=1S/C12H12N4O4/c13-1-5-2-14-11-6(5)3-15-12(16-11)10-9(19)8(18)7(4-17)20-10/h2-3,7-10,17-19H,4H2,(H,14,15,16)/t7-,8-,9-,10?/m1/s1. The Hall–Kier alpha value is -2.05. The maximum Gasteiger partial charge on any atom is 0.162 e. The van der Waals surface area contributed by atoms with Crippen molar-refractivity contribution in [3.63, 3.8) is 0 Å². The third-order valence-electron chi connectivity index (χ3n) is 3.37. The van der Waals surface area contributed by atoms with Gasteiger partial charge in [-0.3, -0.25) is 0 Å². The summed E-state index contributed by atoms with van der Waals surface area (Å²) in [6.07, 6.45) is -1.22. The predicted octanol–water partition coefficient (Wildman–Crippen LogP) is -1.02. The Morgan fingerprint density at radius 1 is 1.40 bits per heavy atom. The number of nitriles is 1. The molecule has 1 fully saturated rings. The van der Waals surface area contributed by atoms with Crippen LogP contribution in [0.4, 0.5) is 0 Å². The van der Waals surface area contributed by atoms with Crippen LogP contribution in [0.3, 0.4) is 0 Å². The first-order valence-electron chi connectivity index (χ1n) is 6.02. The molecule has 4 N–H and O–H groups in total. The van der Waals surface area contributed by atoms with Gasteiger partial charge in [-0.2, -0.15) is 5.26 Å². The highest BCUT2D eigenvalue weighted by molar-refractivity contribution is 5.81. The number of fused-ring (bicyclic) bond motifs is 1. The van der Waals surface area contributed by atoms with Crippen LogP contribution in [-0.4, -0.2) is 55.2 Å². The molecule has 0 amide bonds. The fourth-order valence-corrected chi connectivity index (χ4v) is 2.26. The molecule has 2 aromatic heterocycles. The first-order chi connectivity index (χ1) is 9.65. The highest BCUT2D eigenvalue weighted by atomic mass is 16.6. The number of nitrogens with one attached hydrogen (secondary N) is 1. The monoisotopic (exact) mass is 276 g/mol. The van der Waals surface area contributed by atoms with Crippen molar-refractivity contribution in [2.75, 3.05) is 6.61 Å². The zero-order valence-electron chi connectivity index (χ0n) is 10.3. The molecule has 1 unspecified atom stereocenters. The summed E-state index contributed by atoms with van der Waals surface area (Å²) < 4.78 is 5.35. The minimum atomic E-state index is -1.21. The molecule has 1 aliphatic heterocycles. The van der Waals surface area contributed by atoms with Crippen LogP contribution in [0.2, 0.25) is 0 Å². The quantitative estimate of drug-likeness (QED) is 0.551. The van der Waals surface area contributed by atoms with Crippen molar-refractivity contribution in [3.8, 4) is 6.07 Å². The van der Waals surface area contributed by atoms with E-state index in [1.54, 1.807) is 0 Å². The number of aliphatic hydroxyl groups is 3. The van der Waals surface area contributed by atoms with Gasteiger partial charge < -0.3 is 25.0 Å². The van der Waals surface area contributed by atoms with Crippen LogP contribution in [0.1, 0.15) is 17.5 Å². The average Bonchev–Trinajstić information content (AvgIpc) is 3.00. The molecule has 0 aromatic carbocycles.